The summed E-state index contributed by atoms with van der Waals surface area (Å²) >= 11 is 0. The number of anilines is 1. The molecule has 1 fully saturated rings. The van der Waals surface area contributed by atoms with Gasteiger partial charge in [0.1, 0.15) is 9.84 Å². The molecule has 1 aromatic carbocycles. The third-order valence-corrected chi connectivity index (χ3v) is 4.89. The molecule has 2 rings (SSSR count). The van der Waals surface area contributed by atoms with Gasteiger partial charge in [-0.3, -0.25) is 0 Å². The molecule has 1 aliphatic heterocycles. The van der Waals surface area contributed by atoms with E-state index < -0.39 is 9.84 Å². The van der Waals surface area contributed by atoms with Crippen molar-refractivity contribution in [2.45, 2.75) is 32.2 Å². The van der Waals surface area contributed by atoms with Gasteiger partial charge >= 0.3 is 0 Å². The van der Waals surface area contributed by atoms with Gasteiger partial charge < -0.3 is 10.2 Å². The summed E-state index contributed by atoms with van der Waals surface area (Å²) in [5.41, 5.74) is 2.56. The molecule has 0 spiro atoms. The van der Waals surface area contributed by atoms with Crippen LogP contribution in [0.5, 0.6) is 0 Å². The summed E-state index contributed by atoms with van der Waals surface area (Å²) in [6.07, 6.45) is 5.90. The van der Waals surface area contributed by atoms with Crippen molar-refractivity contribution in [1.29, 1.82) is 0 Å². The molecule has 0 aromatic heterocycles. The molecule has 0 unspecified atom stereocenters. The average molecular weight is 310 g/mol. The Morgan fingerprint density at radius 1 is 1.10 bits per heavy atom. The number of benzene rings is 1. The third kappa shape index (κ3) is 6.06. The van der Waals surface area contributed by atoms with Crippen LogP contribution in [0.3, 0.4) is 0 Å². The van der Waals surface area contributed by atoms with Crippen molar-refractivity contribution in [3.63, 3.8) is 0 Å². The molecule has 1 saturated heterocycles. The van der Waals surface area contributed by atoms with Crippen LogP contribution in [0.1, 0.15) is 31.2 Å². The Hall–Kier alpha value is -1.07. The van der Waals surface area contributed by atoms with E-state index in [1.807, 2.05) is 0 Å². The number of hydrogen-bond acceptors (Lipinski definition) is 4. The van der Waals surface area contributed by atoms with Crippen LogP contribution in [-0.2, 0) is 16.4 Å². The number of rotatable bonds is 7. The van der Waals surface area contributed by atoms with Crippen LogP contribution in [0.25, 0.3) is 0 Å². The minimum Gasteiger partial charge on any atom is -0.372 e. The van der Waals surface area contributed by atoms with E-state index in [0.717, 1.165) is 13.1 Å². The molecule has 1 aromatic rings. The van der Waals surface area contributed by atoms with Crippen molar-refractivity contribution in [1.82, 2.24) is 5.32 Å². The fourth-order valence-electron chi connectivity index (χ4n) is 2.67. The summed E-state index contributed by atoms with van der Waals surface area (Å²) in [6, 6.07) is 8.71. The Kier molecular flexibility index (Phi) is 6.06. The van der Waals surface area contributed by atoms with E-state index >= 15 is 0 Å². The quantitative estimate of drug-likeness (QED) is 0.785. The van der Waals surface area contributed by atoms with Crippen molar-refractivity contribution in [2.75, 3.05) is 36.5 Å². The van der Waals surface area contributed by atoms with E-state index in [4.69, 9.17) is 0 Å². The molecule has 21 heavy (non-hydrogen) atoms. The summed E-state index contributed by atoms with van der Waals surface area (Å²) in [4.78, 5) is 2.45. The maximum absolute atomic E-state index is 11.0. The SMILES string of the molecule is CS(=O)(=O)CCCNCc1ccc(N2CCCCC2)cc1. The van der Waals surface area contributed by atoms with E-state index in [-0.39, 0.29) is 5.75 Å². The van der Waals surface area contributed by atoms with Crippen LogP contribution in [0, 0.1) is 0 Å². The predicted molar refractivity (Wildman–Crippen MR) is 88.5 cm³/mol. The molecule has 0 saturated carbocycles. The van der Waals surface area contributed by atoms with Gasteiger partial charge in [-0.2, -0.15) is 0 Å². The van der Waals surface area contributed by atoms with Crippen LogP contribution < -0.4 is 10.2 Å². The molecule has 1 aliphatic rings. The first-order valence-electron chi connectivity index (χ1n) is 7.77. The van der Waals surface area contributed by atoms with Crippen molar-refractivity contribution < 1.29 is 8.42 Å². The van der Waals surface area contributed by atoms with Crippen LogP contribution in [0.2, 0.25) is 0 Å². The highest BCUT2D eigenvalue weighted by atomic mass is 32.2. The first kappa shape index (κ1) is 16.3. The van der Waals surface area contributed by atoms with Crippen LogP contribution >= 0.6 is 0 Å². The zero-order valence-electron chi connectivity index (χ0n) is 12.8. The van der Waals surface area contributed by atoms with Gasteiger partial charge in [0.2, 0.25) is 0 Å². The smallest absolute Gasteiger partial charge is 0.147 e. The highest BCUT2D eigenvalue weighted by Crippen LogP contribution is 2.20. The fraction of sp³-hybridized carbons (Fsp3) is 0.625. The highest BCUT2D eigenvalue weighted by molar-refractivity contribution is 7.90. The molecule has 5 heteroatoms. The summed E-state index contributed by atoms with van der Waals surface area (Å²) in [5, 5.41) is 3.30. The molecule has 0 aliphatic carbocycles. The van der Waals surface area contributed by atoms with Crippen molar-refractivity contribution in [3.8, 4) is 0 Å². The summed E-state index contributed by atoms with van der Waals surface area (Å²) in [7, 11) is -2.83. The lowest BCUT2D eigenvalue weighted by atomic mass is 10.1. The maximum atomic E-state index is 11.0. The van der Waals surface area contributed by atoms with Gasteiger partial charge in [-0.15, -0.1) is 0 Å². The Balaban J connectivity index is 1.72. The third-order valence-electron chi connectivity index (χ3n) is 3.86. The molecule has 0 atom stereocenters. The zero-order valence-corrected chi connectivity index (χ0v) is 13.7. The lowest BCUT2D eigenvalue weighted by molar-refractivity contribution is 0.577. The topological polar surface area (TPSA) is 49.4 Å². The van der Waals surface area contributed by atoms with Gasteiger partial charge in [-0.05, 0) is 49.9 Å². The summed E-state index contributed by atoms with van der Waals surface area (Å²) in [6.45, 7) is 3.87. The van der Waals surface area contributed by atoms with Gasteiger partial charge in [0.15, 0.2) is 0 Å². The number of piperidine rings is 1. The standard InChI is InChI=1S/C16H26N2O2S/c1-21(19,20)13-5-10-17-14-15-6-8-16(9-7-15)18-11-3-2-4-12-18/h6-9,17H,2-5,10-14H2,1H3. The predicted octanol–water partition coefficient (Wildman–Crippen LogP) is 2.20. The van der Waals surface area contributed by atoms with Gasteiger partial charge in [0.05, 0.1) is 5.75 Å². The Labute approximate surface area is 128 Å². The number of nitrogens with zero attached hydrogens (tertiary/aromatic N) is 1. The monoisotopic (exact) mass is 310 g/mol. The Morgan fingerprint density at radius 3 is 2.38 bits per heavy atom. The number of hydrogen-bond donors (Lipinski definition) is 1. The molecule has 0 amide bonds. The van der Waals surface area contributed by atoms with Crippen molar-refractivity contribution in [3.05, 3.63) is 29.8 Å². The molecule has 4 nitrogen and oxygen atoms in total. The van der Waals surface area contributed by atoms with Crippen molar-refractivity contribution >= 4 is 15.5 Å². The molecule has 1 N–H and O–H groups in total. The summed E-state index contributed by atoms with van der Waals surface area (Å²) < 4.78 is 22.0. The Bertz CT molecular complexity index is 520. The van der Waals surface area contributed by atoms with E-state index in [9.17, 15) is 8.42 Å². The fourth-order valence-corrected chi connectivity index (χ4v) is 3.34. The van der Waals surface area contributed by atoms with E-state index in [1.54, 1.807) is 0 Å². The van der Waals surface area contributed by atoms with Gasteiger partial charge in [0.25, 0.3) is 0 Å². The second-order valence-corrected chi connectivity index (χ2v) is 8.13. The van der Waals surface area contributed by atoms with Crippen LogP contribution in [0.15, 0.2) is 24.3 Å². The maximum Gasteiger partial charge on any atom is 0.147 e. The highest BCUT2D eigenvalue weighted by Gasteiger charge is 2.10. The molecular formula is C16H26N2O2S. The molecule has 0 radical (unpaired) electrons. The lowest BCUT2D eigenvalue weighted by Gasteiger charge is -2.28. The largest absolute Gasteiger partial charge is 0.372 e. The zero-order chi connectivity index (χ0) is 15.1. The van der Waals surface area contributed by atoms with Gasteiger partial charge in [-0.25, -0.2) is 8.42 Å². The molecule has 0 bridgehead atoms. The van der Waals surface area contributed by atoms with Crippen molar-refractivity contribution in [2.24, 2.45) is 0 Å². The first-order valence-corrected chi connectivity index (χ1v) is 9.83. The van der Waals surface area contributed by atoms with Gasteiger partial charge in [-0.1, -0.05) is 12.1 Å². The second-order valence-electron chi connectivity index (χ2n) is 5.87. The van der Waals surface area contributed by atoms with E-state index in [0.29, 0.717) is 6.42 Å². The second kappa shape index (κ2) is 7.80. The minimum absolute atomic E-state index is 0.258. The summed E-state index contributed by atoms with van der Waals surface area (Å²) in [5.74, 6) is 0.258. The average Bonchev–Trinajstić information content (AvgIpc) is 2.47. The number of sulfone groups is 1. The van der Waals surface area contributed by atoms with E-state index in [1.165, 1.54) is 49.9 Å². The Morgan fingerprint density at radius 2 is 1.76 bits per heavy atom. The van der Waals surface area contributed by atoms with Crippen LogP contribution in [-0.4, -0.2) is 40.1 Å². The van der Waals surface area contributed by atoms with Gasteiger partial charge in [0, 0.05) is 31.6 Å². The van der Waals surface area contributed by atoms with E-state index in [2.05, 4.69) is 34.5 Å². The molecular weight excluding hydrogens is 284 g/mol. The molecule has 1 heterocycles. The van der Waals surface area contributed by atoms with Crippen LogP contribution in [0.4, 0.5) is 5.69 Å². The molecule has 118 valence electrons. The first-order chi connectivity index (χ1) is 10.0. The lowest BCUT2D eigenvalue weighted by Crippen LogP contribution is -2.29. The normalized spacial score (nSPS) is 16.1. The minimum atomic E-state index is -2.83. The number of nitrogens with one attached hydrogen (secondary N) is 1.